The van der Waals surface area contributed by atoms with Crippen LogP contribution in [-0.2, 0) is 16.2 Å². The van der Waals surface area contributed by atoms with Gasteiger partial charge >= 0.3 is 0 Å². The highest BCUT2D eigenvalue weighted by Crippen LogP contribution is 2.52. The van der Waals surface area contributed by atoms with Crippen molar-refractivity contribution < 1.29 is 19.1 Å². The van der Waals surface area contributed by atoms with E-state index >= 15 is 0 Å². The van der Waals surface area contributed by atoms with Crippen molar-refractivity contribution in [2.45, 2.75) is 20.0 Å². The lowest BCUT2D eigenvalue weighted by atomic mass is 9.85. The zero-order chi connectivity index (χ0) is 24.7. The van der Waals surface area contributed by atoms with Gasteiger partial charge in [0, 0.05) is 15.6 Å². The van der Waals surface area contributed by atoms with Gasteiger partial charge in [0.15, 0.2) is 11.5 Å². The normalized spacial score (nSPS) is 24.3. The molecule has 178 valence electrons. The van der Waals surface area contributed by atoms with Gasteiger partial charge in [0.1, 0.15) is 11.6 Å². The summed E-state index contributed by atoms with van der Waals surface area (Å²) in [6, 6.07) is 11.0. The van der Waals surface area contributed by atoms with Crippen molar-refractivity contribution in [1.29, 1.82) is 5.26 Å². The summed E-state index contributed by atoms with van der Waals surface area (Å²) in [5.74, 6) is -0.191. The summed E-state index contributed by atoms with van der Waals surface area (Å²) in [4.78, 5) is 25.8. The molecule has 1 heterocycles. The van der Waals surface area contributed by atoms with Crippen LogP contribution in [0.1, 0.15) is 30.0 Å². The molecule has 1 saturated heterocycles. The SMILES string of the molecule is CCOc1cc(C=NN2C(=O)[C@@H]3[C@H](C2=O)[C@H]2C=C[C@H]3C2)c(Br)c(Cl)c1OCc1ccccc1C#N. The van der Waals surface area contributed by atoms with Gasteiger partial charge < -0.3 is 9.47 Å². The lowest BCUT2D eigenvalue weighted by Crippen LogP contribution is -2.28. The average molecular weight is 555 g/mol. The lowest BCUT2D eigenvalue weighted by Gasteiger charge is -2.17. The number of carbonyl (C=O) groups is 2. The number of benzene rings is 2. The summed E-state index contributed by atoms with van der Waals surface area (Å²) in [6.45, 7) is 2.32. The van der Waals surface area contributed by atoms with Crippen molar-refractivity contribution in [1.82, 2.24) is 5.01 Å². The molecule has 2 aromatic rings. The number of nitriles is 1. The van der Waals surface area contributed by atoms with E-state index in [4.69, 9.17) is 21.1 Å². The number of halogens is 2. The fourth-order valence-corrected chi connectivity index (χ4v) is 5.78. The van der Waals surface area contributed by atoms with Gasteiger partial charge in [-0.1, -0.05) is 42.0 Å². The maximum atomic E-state index is 12.9. The van der Waals surface area contributed by atoms with Crippen molar-refractivity contribution in [3.63, 3.8) is 0 Å². The molecule has 2 aromatic carbocycles. The first-order chi connectivity index (χ1) is 16.9. The third-order valence-corrected chi connectivity index (χ3v) is 8.17. The van der Waals surface area contributed by atoms with Crippen LogP contribution in [0.3, 0.4) is 0 Å². The quantitative estimate of drug-likeness (QED) is 0.270. The van der Waals surface area contributed by atoms with Gasteiger partial charge in [0.2, 0.25) is 0 Å². The zero-order valence-corrected chi connectivity index (χ0v) is 21.1. The molecule has 3 aliphatic rings. The smallest absolute Gasteiger partial charge is 0.254 e. The minimum absolute atomic E-state index is 0.120. The molecule has 0 N–H and O–H groups in total. The maximum Gasteiger partial charge on any atom is 0.254 e. The topological polar surface area (TPSA) is 92.0 Å². The van der Waals surface area contributed by atoms with Gasteiger partial charge in [0.25, 0.3) is 11.8 Å². The molecule has 1 saturated carbocycles. The molecular formula is C26H21BrClN3O4. The number of ether oxygens (including phenoxy) is 2. The van der Waals surface area contributed by atoms with Crippen LogP contribution in [0.15, 0.2) is 52.1 Å². The molecule has 0 aromatic heterocycles. The first-order valence-electron chi connectivity index (χ1n) is 11.3. The second-order valence-corrected chi connectivity index (χ2v) is 9.82. The lowest BCUT2D eigenvalue weighted by molar-refractivity contribution is -0.140. The van der Waals surface area contributed by atoms with Gasteiger partial charge in [-0.05, 0) is 53.2 Å². The summed E-state index contributed by atoms with van der Waals surface area (Å²) in [7, 11) is 0. The highest BCUT2D eigenvalue weighted by Gasteiger charge is 2.59. The second kappa shape index (κ2) is 9.48. The Morgan fingerprint density at radius 1 is 1.20 bits per heavy atom. The Hall–Kier alpha value is -3.15. The monoisotopic (exact) mass is 553 g/mol. The highest BCUT2D eigenvalue weighted by atomic mass is 79.9. The van der Waals surface area contributed by atoms with Crippen LogP contribution >= 0.6 is 27.5 Å². The van der Waals surface area contributed by atoms with E-state index in [1.165, 1.54) is 6.21 Å². The molecular weight excluding hydrogens is 534 g/mol. The number of hydrogen-bond donors (Lipinski definition) is 0. The minimum atomic E-state index is -0.312. The molecule has 0 unspecified atom stereocenters. The average Bonchev–Trinajstić information content (AvgIpc) is 3.55. The van der Waals surface area contributed by atoms with E-state index < -0.39 is 0 Å². The van der Waals surface area contributed by atoms with Crippen LogP contribution in [-0.4, -0.2) is 29.6 Å². The van der Waals surface area contributed by atoms with Crippen LogP contribution < -0.4 is 9.47 Å². The van der Waals surface area contributed by atoms with Gasteiger partial charge in [0.05, 0.1) is 36.3 Å². The van der Waals surface area contributed by atoms with E-state index in [-0.39, 0.29) is 47.1 Å². The van der Waals surface area contributed by atoms with Gasteiger partial charge in [-0.2, -0.15) is 15.4 Å². The molecule has 0 spiro atoms. The maximum absolute atomic E-state index is 12.9. The number of fused-ring (bicyclic) bond motifs is 5. The predicted octanol–water partition coefficient (Wildman–Crippen LogP) is 5.09. The van der Waals surface area contributed by atoms with Crippen LogP contribution in [0.5, 0.6) is 11.5 Å². The third kappa shape index (κ3) is 4.03. The number of hydrogen-bond acceptors (Lipinski definition) is 6. The van der Waals surface area contributed by atoms with Gasteiger partial charge in [-0.15, -0.1) is 0 Å². The van der Waals surface area contributed by atoms with Crippen LogP contribution in [0, 0.1) is 35.0 Å². The van der Waals surface area contributed by atoms with Crippen LogP contribution in [0.4, 0.5) is 0 Å². The molecule has 2 amide bonds. The van der Waals surface area contributed by atoms with E-state index in [2.05, 4.69) is 27.1 Å². The molecule has 2 bridgehead atoms. The Balaban J connectivity index is 1.40. The summed E-state index contributed by atoms with van der Waals surface area (Å²) < 4.78 is 12.2. The van der Waals surface area contributed by atoms with Crippen LogP contribution in [0.25, 0.3) is 0 Å². The van der Waals surface area contributed by atoms with E-state index in [9.17, 15) is 14.9 Å². The first-order valence-corrected chi connectivity index (χ1v) is 12.5. The number of nitrogens with zero attached hydrogens (tertiary/aromatic N) is 3. The molecule has 9 heteroatoms. The van der Waals surface area contributed by atoms with Crippen molar-refractivity contribution in [2.75, 3.05) is 6.61 Å². The van der Waals surface area contributed by atoms with E-state index in [0.717, 1.165) is 17.0 Å². The number of hydrazone groups is 1. The number of imide groups is 1. The standard InChI is InChI=1S/C26H21BrClN3O4/c1-2-34-19-10-18(12-30-31-25(32)20-14-7-8-15(9-14)21(20)26(31)33)22(27)23(28)24(19)35-13-17-6-4-3-5-16(17)11-29/h3-8,10,12,14-15,20-21H,2,9,13H2,1H3/t14-,15-,20-,21+/m0/s1. The number of allylic oxidation sites excluding steroid dienone is 2. The molecule has 35 heavy (non-hydrogen) atoms. The highest BCUT2D eigenvalue weighted by molar-refractivity contribution is 9.10. The van der Waals surface area contributed by atoms with Crippen molar-refractivity contribution in [3.05, 3.63) is 68.7 Å². The fourth-order valence-electron chi connectivity index (χ4n) is 5.12. The molecule has 7 nitrogen and oxygen atoms in total. The molecule has 2 fully saturated rings. The molecule has 0 radical (unpaired) electrons. The summed E-state index contributed by atoms with van der Waals surface area (Å²) in [5, 5.41) is 14.8. The summed E-state index contributed by atoms with van der Waals surface area (Å²) in [5.41, 5.74) is 1.76. The first kappa shape index (κ1) is 23.6. The van der Waals surface area contributed by atoms with Crippen molar-refractivity contribution in [3.8, 4) is 17.6 Å². The molecule has 1 aliphatic heterocycles. The van der Waals surface area contributed by atoms with E-state index in [1.807, 2.05) is 31.2 Å². The number of amides is 2. The minimum Gasteiger partial charge on any atom is -0.490 e. The van der Waals surface area contributed by atoms with Gasteiger partial charge in [-0.25, -0.2) is 0 Å². The summed E-state index contributed by atoms with van der Waals surface area (Å²) in [6.07, 6.45) is 6.38. The zero-order valence-electron chi connectivity index (χ0n) is 18.8. The Bertz CT molecular complexity index is 1290. The predicted molar refractivity (Wildman–Crippen MR) is 133 cm³/mol. The fraction of sp³-hybridized carbons (Fsp3) is 0.308. The molecule has 4 atom stereocenters. The van der Waals surface area contributed by atoms with Crippen LogP contribution in [0.2, 0.25) is 5.02 Å². The number of rotatable bonds is 7. The Kier molecular flexibility index (Phi) is 6.39. The third-order valence-electron chi connectivity index (χ3n) is 6.72. The van der Waals surface area contributed by atoms with Gasteiger partial charge in [-0.3, -0.25) is 9.59 Å². The largest absolute Gasteiger partial charge is 0.490 e. The van der Waals surface area contributed by atoms with E-state index in [0.29, 0.717) is 33.7 Å². The number of carbonyl (C=O) groups excluding carboxylic acids is 2. The Labute approximate surface area is 216 Å². The van der Waals surface area contributed by atoms with E-state index in [1.54, 1.807) is 18.2 Å². The Morgan fingerprint density at radius 3 is 2.54 bits per heavy atom. The second-order valence-electron chi connectivity index (χ2n) is 8.64. The van der Waals surface area contributed by atoms with Crippen molar-refractivity contribution in [2.24, 2.45) is 28.8 Å². The molecule has 5 rings (SSSR count). The Morgan fingerprint density at radius 2 is 1.89 bits per heavy atom. The van der Waals surface area contributed by atoms with Crippen molar-refractivity contribution >= 4 is 45.6 Å². The summed E-state index contributed by atoms with van der Waals surface area (Å²) >= 11 is 10.1. The molecule has 2 aliphatic carbocycles.